The second-order valence-electron chi connectivity index (χ2n) is 7.21. The van der Waals surface area contributed by atoms with E-state index < -0.39 is 0 Å². The van der Waals surface area contributed by atoms with Gasteiger partial charge in [0, 0.05) is 34.3 Å². The number of nitrogens with zero attached hydrogens (tertiary/aromatic N) is 1. The molecule has 0 aliphatic carbocycles. The third kappa shape index (κ3) is 5.83. The summed E-state index contributed by atoms with van der Waals surface area (Å²) >= 11 is 1.55. The molecule has 1 amide bonds. The highest BCUT2D eigenvalue weighted by atomic mass is 32.1. The fraction of sp³-hybridized carbons (Fsp3) is 0.333. The van der Waals surface area contributed by atoms with Crippen LogP contribution in [-0.4, -0.2) is 18.0 Å². The Bertz CT molecular complexity index is 953. The summed E-state index contributed by atoms with van der Waals surface area (Å²) < 4.78 is 5.26. The lowest BCUT2D eigenvalue weighted by molar-refractivity contribution is -0.120. The van der Waals surface area contributed by atoms with Crippen molar-refractivity contribution >= 4 is 33.8 Å². The van der Waals surface area contributed by atoms with E-state index in [4.69, 9.17) is 4.74 Å². The number of unbranched alkanes of at least 4 members (excludes halogenated alkanes) is 1. The molecule has 0 spiro atoms. The van der Waals surface area contributed by atoms with Crippen molar-refractivity contribution in [1.82, 2.24) is 4.98 Å². The fourth-order valence-corrected chi connectivity index (χ4v) is 3.97. The molecule has 1 aromatic heterocycles. The van der Waals surface area contributed by atoms with Gasteiger partial charge < -0.3 is 15.4 Å². The highest BCUT2D eigenvalue weighted by Crippen LogP contribution is 2.29. The van der Waals surface area contributed by atoms with Gasteiger partial charge in [0.15, 0.2) is 5.13 Å². The highest BCUT2D eigenvalue weighted by Gasteiger charge is 2.16. The standard InChI is InChI=1S/C24H29N3O2S/c1-4-6-8-17(5-2)23(28)25-19-13-11-18(12-14-19)22-16-30-24(27-22)26-20-9-7-10-21(15-20)29-3/h7,9-17H,4-6,8H2,1-3H3,(H,25,28)(H,26,27)/t17-/m0/s1. The number of aromatic nitrogens is 1. The summed E-state index contributed by atoms with van der Waals surface area (Å²) in [4.78, 5) is 17.2. The number of benzene rings is 2. The zero-order chi connectivity index (χ0) is 21.3. The van der Waals surface area contributed by atoms with E-state index >= 15 is 0 Å². The molecule has 3 rings (SSSR count). The van der Waals surface area contributed by atoms with Crippen LogP contribution < -0.4 is 15.4 Å². The first-order valence-corrected chi connectivity index (χ1v) is 11.3. The summed E-state index contributed by atoms with van der Waals surface area (Å²) in [6, 6.07) is 15.6. The Hall–Kier alpha value is -2.86. The molecule has 0 saturated heterocycles. The molecule has 0 aliphatic rings. The Labute approximate surface area is 182 Å². The Morgan fingerprint density at radius 2 is 1.93 bits per heavy atom. The summed E-state index contributed by atoms with van der Waals surface area (Å²) in [5, 5.41) is 9.20. The molecular formula is C24H29N3O2S. The maximum absolute atomic E-state index is 12.5. The van der Waals surface area contributed by atoms with Crippen LogP contribution in [0.25, 0.3) is 11.3 Å². The summed E-state index contributed by atoms with van der Waals surface area (Å²) in [5.41, 5.74) is 3.67. The maximum atomic E-state index is 12.5. The first kappa shape index (κ1) is 21.8. The number of hydrogen-bond donors (Lipinski definition) is 2. The van der Waals surface area contributed by atoms with Crippen molar-refractivity contribution in [2.75, 3.05) is 17.7 Å². The SMILES string of the molecule is CCCC[C@H](CC)C(=O)Nc1ccc(-c2csc(Nc3cccc(OC)c3)n2)cc1. The summed E-state index contributed by atoms with van der Waals surface area (Å²) in [6.07, 6.45) is 4.01. The molecule has 1 heterocycles. The van der Waals surface area contributed by atoms with Crippen molar-refractivity contribution in [3.63, 3.8) is 0 Å². The highest BCUT2D eigenvalue weighted by molar-refractivity contribution is 7.14. The minimum absolute atomic E-state index is 0.0772. The van der Waals surface area contributed by atoms with Crippen LogP contribution in [0, 0.1) is 5.92 Å². The average Bonchev–Trinajstić information content (AvgIpc) is 3.23. The Morgan fingerprint density at radius 3 is 2.63 bits per heavy atom. The van der Waals surface area contributed by atoms with Gasteiger partial charge in [-0.1, -0.05) is 44.9 Å². The lowest BCUT2D eigenvalue weighted by atomic mass is 9.98. The third-order valence-corrected chi connectivity index (χ3v) is 5.80. The van der Waals surface area contributed by atoms with Gasteiger partial charge in [0.25, 0.3) is 0 Å². The van der Waals surface area contributed by atoms with E-state index in [-0.39, 0.29) is 11.8 Å². The predicted octanol–water partition coefficient (Wildman–Crippen LogP) is 6.72. The molecule has 0 fully saturated rings. The van der Waals surface area contributed by atoms with Crippen LogP contribution >= 0.6 is 11.3 Å². The number of carbonyl (C=O) groups is 1. The minimum Gasteiger partial charge on any atom is -0.497 e. The molecule has 2 aromatic carbocycles. The monoisotopic (exact) mass is 423 g/mol. The molecule has 0 radical (unpaired) electrons. The van der Waals surface area contributed by atoms with Gasteiger partial charge in [-0.3, -0.25) is 4.79 Å². The van der Waals surface area contributed by atoms with Gasteiger partial charge in [-0.15, -0.1) is 11.3 Å². The van der Waals surface area contributed by atoms with Gasteiger partial charge in [0.2, 0.25) is 5.91 Å². The number of hydrogen-bond acceptors (Lipinski definition) is 5. The molecule has 0 saturated carbocycles. The van der Waals surface area contributed by atoms with Crippen molar-refractivity contribution in [2.24, 2.45) is 5.92 Å². The minimum atomic E-state index is 0.0772. The smallest absolute Gasteiger partial charge is 0.227 e. The number of rotatable bonds is 10. The molecule has 6 heteroatoms. The molecule has 1 atom stereocenters. The predicted molar refractivity (Wildman–Crippen MR) is 126 cm³/mol. The van der Waals surface area contributed by atoms with Crippen LogP contribution in [0.3, 0.4) is 0 Å². The summed E-state index contributed by atoms with van der Waals surface area (Å²) in [5.74, 6) is 0.986. The Balaban J connectivity index is 1.63. The number of anilines is 3. The Morgan fingerprint density at radius 1 is 1.13 bits per heavy atom. The largest absolute Gasteiger partial charge is 0.497 e. The van der Waals surface area contributed by atoms with Crippen LogP contribution in [0.2, 0.25) is 0 Å². The first-order chi connectivity index (χ1) is 14.6. The molecule has 0 bridgehead atoms. The van der Waals surface area contributed by atoms with E-state index in [1.54, 1.807) is 18.4 Å². The van der Waals surface area contributed by atoms with Gasteiger partial charge in [0.1, 0.15) is 5.75 Å². The zero-order valence-electron chi connectivity index (χ0n) is 17.8. The second kappa shape index (κ2) is 10.8. The topological polar surface area (TPSA) is 63.2 Å². The number of ether oxygens (including phenoxy) is 1. The number of methoxy groups -OCH3 is 1. The van der Waals surface area contributed by atoms with Crippen molar-refractivity contribution in [3.05, 3.63) is 53.9 Å². The van der Waals surface area contributed by atoms with E-state index in [1.807, 2.05) is 53.9 Å². The van der Waals surface area contributed by atoms with E-state index in [0.717, 1.165) is 59.2 Å². The number of carbonyl (C=O) groups excluding carboxylic acids is 1. The van der Waals surface area contributed by atoms with Crippen LogP contribution in [0.4, 0.5) is 16.5 Å². The van der Waals surface area contributed by atoms with Gasteiger partial charge in [-0.25, -0.2) is 4.98 Å². The number of amides is 1. The van der Waals surface area contributed by atoms with Crippen LogP contribution in [0.1, 0.15) is 39.5 Å². The van der Waals surface area contributed by atoms with E-state index in [1.165, 1.54) is 0 Å². The fourth-order valence-electron chi connectivity index (χ4n) is 3.23. The quantitative estimate of drug-likeness (QED) is 0.380. The zero-order valence-corrected chi connectivity index (χ0v) is 18.6. The molecule has 0 unspecified atom stereocenters. The average molecular weight is 424 g/mol. The summed E-state index contributed by atoms with van der Waals surface area (Å²) in [6.45, 7) is 4.22. The van der Waals surface area contributed by atoms with Crippen LogP contribution in [0.15, 0.2) is 53.9 Å². The van der Waals surface area contributed by atoms with Crippen molar-refractivity contribution in [3.8, 4) is 17.0 Å². The van der Waals surface area contributed by atoms with E-state index in [9.17, 15) is 4.79 Å². The van der Waals surface area contributed by atoms with Gasteiger partial charge in [0.05, 0.1) is 12.8 Å². The molecule has 158 valence electrons. The van der Waals surface area contributed by atoms with Gasteiger partial charge in [-0.2, -0.15) is 0 Å². The third-order valence-electron chi connectivity index (χ3n) is 5.04. The van der Waals surface area contributed by atoms with Crippen molar-refractivity contribution in [2.45, 2.75) is 39.5 Å². The Kier molecular flexibility index (Phi) is 7.85. The molecular weight excluding hydrogens is 394 g/mol. The van der Waals surface area contributed by atoms with Crippen LogP contribution in [-0.2, 0) is 4.79 Å². The normalized spacial score (nSPS) is 11.7. The first-order valence-electron chi connectivity index (χ1n) is 10.4. The number of nitrogens with one attached hydrogen (secondary N) is 2. The number of thiazole rings is 1. The van der Waals surface area contributed by atoms with Crippen molar-refractivity contribution in [1.29, 1.82) is 0 Å². The molecule has 5 nitrogen and oxygen atoms in total. The molecule has 0 aliphatic heterocycles. The molecule has 30 heavy (non-hydrogen) atoms. The van der Waals surface area contributed by atoms with Crippen LogP contribution in [0.5, 0.6) is 5.75 Å². The lowest BCUT2D eigenvalue weighted by Crippen LogP contribution is -2.22. The maximum Gasteiger partial charge on any atom is 0.227 e. The van der Waals surface area contributed by atoms with Gasteiger partial charge >= 0.3 is 0 Å². The molecule has 2 N–H and O–H groups in total. The lowest BCUT2D eigenvalue weighted by Gasteiger charge is -2.14. The summed E-state index contributed by atoms with van der Waals surface area (Å²) in [7, 11) is 1.65. The van der Waals surface area contributed by atoms with E-state index in [2.05, 4.69) is 29.5 Å². The van der Waals surface area contributed by atoms with Crippen molar-refractivity contribution < 1.29 is 9.53 Å². The second-order valence-corrected chi connectivity index (χ2v) is 8.07. The van der Waals surface area contributed by atoms with Gasteiger partial charge in [-0.05, 0) is 37.1 Å². The molecule has 3 aromatic rings. The van der Waals surface area contributed by atoms with E-state index in [0.29, 0.717) is 0 Å².